The number of methoxy groups -OCH3 is 2. The lowest BCUT2D eigenvalue weighted by Crippen LogP contribution is -2.09. The summed E-state index contributed by atoms with van der Waals surface area (Å²) in [5.41, 5.74) is 4.33. The van der Waals surface area contributed by atoms with E-state index in [1.165, 1.54) is 31.8 Å². The van der Waals surface area contributed by atoms with E-state index in [1.807, 2.05) is 18.8 Å². The maximum atomic E-state index is 5.67. The van der Waals surface area contributed by atoms with Crippen LogP contribution in [0.4, 0.5) is 5.69 Å². The molecule has 1 aromatic heterocycles. The van der Waals surface area contributed by atoms with Crippen LogP contribution < -0.4 is 10.1 Å². The molecule has 21 heavy (non-hydrogen) atoms. The van der Waals surface area contributed by atoms with Crippen molar-refractivity contribution in [1.29, 1.82) is 0 Å². The summed E-state index contributed by atoms with van der Waals surface area (Å²) < 4.78 is 12.5. The van der Waals surface area contributed by atoms with Gasteiger partial charge in [-0.3, -0.25) is 0 Å². The van der Waals surface area contributed by atoms with E-state index in [-0.39, 0.29) is 5.44 Å². The second kappa shape index (κ2) is 5.71. The van der Waals surface area contributed by atoms with Crippen molar-refractivity contribution in [2.24, 2.45) is 0 Å². The molecule has 2 aromatic rings. The Balaban J connectivity index is 2.34. The smallest absolute Gasteiger partial charge is 0.174 e. The van der Waals surface area contributed by atoms with Gasteiger partial charge in [-0.25, -0.2) is 0 Å². The number of thiophene rings is 1. The van der Waals surface area contributed by atoms with Crippen molar-refractivity contribution in [3.63, 3.8) is 0 Å². The molecule has 0 spiro atoms. The van der Waals surface area contributed by atoms with E-state index < -0.39 is 0 Å². The maximum absolute atomic E-state index is 5.67. The van der Waals surface area contributed by atoms with Crippen molar-refractivity contribution in [3.05, 3.63) is 17.2 Å². The van der Waals surface area contributed by atoms with E-state index in [0.717, 1.165) is 11.5 Å². The van der Waals surface area contributed by atoms with Crippen molar-refractivity contribution in [3.8, 4) is 5.06 Å². The molecule has 1 aromatic carbocycles. The Morgan fingerprint density at radius 1 is 1.33 bits per heavy atom. The van der Waals surface area contributed by atoms with Crippen LogP contribution in [-0.2, 0) is 11.2 Å². The normalized spacial score (nSPS) is 20.8. The number of anilines is 1. The molecule has 2 heterocycles. The van der Waals surface area contributed by atoms with Crippen LogP contribution in [0.1, 0.15) is 30.9 Å². The zero-order chi connectivity index (χ0) is 15.1. The second-order valence-corrected chi connectivity index (χ2v) is 7.35. The van der Waals surface area contributed by atoms with Gasteiger partial charge in [-0.05, 0) is 17.5 Å². The first kappa shape index (κ1) is 15.0. The molecule has 0 saturated carbocycles. The van der Waals surface area contributed by atoms with Gasteiger partial charge in [0.2, 0.25) is 0 Å². The van der Waals surface area contributed by atoms with E-state index in [9.17, 15) is 0 Å². The van der Waals surface area contributed by atoms with Gasteiger partial charge in [0, 0.05) is 41.1 Å². The largest absolute Gasteiger partial charge is 0.487 e. The second-order valence-electron chi connectivity index (χ2n) is 5.22. The molecule has 0 fully saturated rings. The Kier molecular flexibility index (Phi) is 4.08. The molecule has 5 heteroatoms. The van der Waals surface area contributed by atoms with Crippen LogP contribution in [-0.4, -0.2) is 26.7 Å². The maximum Gasteiger partial charge on any atom is 0.174 e. The Morgan fingerprint density at radius 3 is 2.67 bits per heavy atom. The molecule has 1 aliphatic heterocycles. The molecule has 1 aliphatic rings. The van der Waals surface area contributed by atoms with E-state index >= 15 is 0 Å². The molecule has 3 nitrogen and oxygen atoms in total. The third-order valence-corrected chi connectivity index (χ3v) is 6.83. The summed E-state index contributed by atoms with van der Waals surface area (Å²) in [4.78, 5) is 1.35. The third kappa shape index (κ3) is 2.14. The molecular weight excluding hydrogens is 302 g/mol. The van der Waals surface area contributed by atoms with Crippen LogP contribution in [0.5, 0.6) is 5.06 Å². The fourth-order valence-electron chi connectivity index (χ4n) is 3.20. The quantitative estimate of drug-likeness (QED) is 0.884. The average Bonchev–Trinajstić information content (AvgIpc) is 3.06. The molecule has 1 N–H and O–H groups in total. The Morgan fingerprint density at radius 2 is 2.10 bits per heavy atom. The topological polar surface area (TPSA) is 30.5 Å². The highest BCUT2D eigenvalue weighted by atomic mass is 32.2. The number of ether oxygens (including phenoxy) is 2. The molecule has 0 amide bonds. The monoisotopic (exact) mass is 323 g/mol. The van der Waals surface area contributed by atoms with Crippen molar-refractivity contribution in [2.45, 2.75) is 36.5 Å². The summed E-state index contributed by atoms with van der Waals surface area (Å²) in [5, 5.41) is 5.64. The Bertz CT molecular complexity index is 681. The van der Waals surface area contributed by atoms with Crippen molar-refractivity contribution in [2.75, 3.05) is 26.6 Å². The van der Waals surface area contributed by atoms with Crippen LogP contribution in [0.2, 0.25) is 0 Å². The van der Waals surface area contributed by atoms with Gasteiger partial charge in [0.05, 0.1) is 12.8 Å². The first-order valence-corrected chi connectivity index (χ1v) is 8.89. The molecule has 0 bridgehead atoms. The number of thioether (sulfide) groups is 1. The molecule has 0 saturated heterocycles. The van der Waals surface area contributed by atoms with E-state index in [1.54, 1.807) is 25.6 Å². The van der Waals surface area contributed by atoms with Gasteiger partial charge >= 0.3 is 0 Å². The summed E-state index contributed by atoms with van der Waals surface area (Å²) in [6.07, 6.45) is 1.04. The van der Waals surface area contributed by atoms with Crippen LogP contribution in [0, 0.1) is 0 Å². The van der Waals surface area contributed by atoms with Crippen LogP contribution >= 0.6 is 23.1 Å². The highest BCUT2D eigenvalue weighted by molar-refractivity contribution is 8.00. The number of hydrogen-bond acceptors (Lipinski definition) is 5. The van der Waals surface area contributed by atoms with Gasteiger partial charge in [-0.15, -0.1) is 0 Å². The van der Waals surface area contributed by atoms with E-state index in [2.05, 4.69) is 25.2 Å². The fourth-order valence-corrected chi connectivity index (χ4v) is 5.75. The van der Waals surface area contributed by atoms with Gasteiger partial charge in [0.15, 0.2) is 5.06 Å². The predicted molar refractivity (Wildman–Crippen MR) is 92.4 cm³/mol. The van der Waals surface area contributed by atoms with Crippen LogP contribution in [0.15, 0.2) is 11.0 Å². The summed E-state index contributed by atoms with van der Waals surface area (Å²) >= 11 is 3.58. The van der Waals surface area contributed by atoms with Gasteiger partial charge in [0.25, 0.3) is 0 Å². The molecular formula is C16H21NO2S2. The molecule has 2 unspecified atom stereocenters. The minimum absolute atomic E-state index is 0.204. The van der Waals surface area contributed by atoms with Crippen LogP contribution in [0.3, 0.4) is 0 Å². The average molecular weight is 323 g/mol. The number of hydrogen-bond donors (Lipinski definition) is 1. The fraction of sp³-hybridized carbons (Fsp3) is 0.500. The van der Waals surface area contributed by atoms with Gasteiger partial charge < -0.3 is 14.8 Å². The zero-order valence-electron chi connectivity index (χ0n) is 13.1. The lowest BCUT2D eigenvalue weighted by molar-refractivity contribution is 0.158. The molecule has 2 atom stereocenters. The summed E-state index contributed by atoms with van der Waals surface area (Å²) in [7, 11) is 5.54. The molecule has 0 radical (unpaired) electrons. The summed E-state index contributed by atoms with van der Waals surface area (Å²) in [6.45, 7) is 4.50. The number of benzene rings is 1. The first-order valence-electron chi connectivity index (χ1n) is 7.19. The third-order valence-electron chi connectivity index (χ3n) is 4.18. The lowest BCUT2D eigenvalue weighted by atomic mass is 9.92. The number of fused-ring (bicyclic) bond motifs is 2. The number of rotatable bonds is 4. The highest BCUT2D eigenvalue weighted by Gasteiger charge is 2.35. The minimum Gasteiger partial charge on any atom is -0.487 e. The van der Waals surface area contributed by atoms with Crippen molar-refractivity contribution >= 4 is 38.9 Å². The standard InChI is InChI=1S/C16H21NO2S2/c1-6-9-12-8(2)16(19-5)21-15(12)13(17-3)10-7-11(18-4)20-14(9)10/h7-8,16-17H,6H2,1-5H3. The summed E-state index contributed by atoms with van der Waals surface area (Å²) in [5.74, 6) is 0.412. The zero-order valence-corrected chi connectivity index (χ0v) is 14.7. The molecule has 114 valence electrons. The Labute approximate surface area is 134 Å². The van der Waals surface area contributed by atoms with Gasteiger partial charge in [-0.2, -0.15) is 0 Å². The predicted octanol–water partition coefficient (Wildman–Crippen LogP) is 4.70. The minimum atomic E-state index is 0.204. The van der Waals surface area contributed by atoms with E-state index in [4.69, 9.17) is 9.47 Å². The van der Waals surface area contributed by atoms with Gasteiger partial charge in [-0.1, -0.05) is 36.9 Å². The molecule has 3 rings (SSSR count). The van der Waals surface area contributed by atoms with Crippen molar-refractivity contribution < 1.29 is 9.47 Å². The van der Waals surface area contributed by atoms with E-state index in [0.29, 0.717) is 5.92 Å². The lowest BCUT2D eigenvalue weighted by Gasteiger charge is -2.16. The van der Waals surface area contributed by atoms with Crippen molar-refractivity contribution in [1.82, 2.24) is 0 Å². The van der Waals surface area contributed by atoms with Crippen LogP contribution in [0.25, 0.3) is 10.1 Å². The Hall–Kier alpha value is -0.910. The number of nitrogens with one attached hydrogen (secondary N) is 1. The molecule has 0 aliphatic carbocycles. The summed E-state index contributed by atoms with van der Waals surface area (Å²) in [6, 6.07) is 2.15. The number of aryl methyl sites for hydroxylation is 1. The SMILES string of the molecule is CCc1c2c(c(NC)c3cc(OC)sc13)SC(OC)C2C. The highest BCUT2D eigenvalue weighted by Crippen LogP contribution is 2.55. The first-order chi connectivity index (χ1) is 10.2. The van der Waals surface area contributed by atoms with Gasteiger partial charge in [0.1, 0.15) is 5.44 Å².